The van der Waals surface area contributed by atoms with E-state index in [0.717, 1.165) is 6.54 Å². The van der Waals surface area contributed by atoms with Crippen molar-refractivity contribution in [2.24, 2.45) is 0 Å². The Bertz CT molecular complexity index is 156. The number of hydrogen-bond donors (Lipinski definition) is 2. The van der Waals surface area contributed by atoms with Gasteiger partial charge in [-0.05, 0) is 24.8 Å². The molecule has 0 saturated carbocycles. The van der Waals surface area contributed by atoms with Crippen molar-refractivity contribution in [1.29, 1.82) is 0 Å². The molecule has 0 amide bonds. The van der Waals surface area contributed by atoms with Crippen LogP contribution in [0.5, 0.6) is 0 Å². The Morgan fingerprint density at radius 1 is 1.67 bits per heavy atom. The van der Waals surface area contributed by atoms with Crippen LogP contribution in [0.4, 0.5) is 0 Å². The average molecular weight is 124 g/mol. The van der Waals surface area contributed by atoms with Gasteiger partial charge in [0.2, 0.25) is 0 Å². The first-order valence-electron chi connectivity index (χ1n) is 3.12. The summed E-state index contributed by atoms with van der Waals surface area (Å²) in [5, 5.41) is 6.23. The van der Waals surface area contributed by atoms with E-state index in [1.165, 1.54) is 11.3 Å². The van der Waals surface area contributed by atoms with Gasteiger partial charge >= 0.3 is 0 Å². The van der Waals surface area contributed by atoms with E-state index < -0.39 is 0 Å². The Balaban J connectivity index is 2.72. The Morgan fingerprint density at radius 2 is 2.44 bits per heavy atom. The van der Waals surface area contributed by atoms with Gasteiger partial charge in [-0.1, -0.05) is 0 Å². The fourth-order valence-corrected chi connectivity index (χ4v) is 0.888. The van der Waals surface area contributed by atoms with Gasteiger partial charge in [-0.3, -0.25) is 0 Å². The van der Waals surface area contributed by atoms with Gasteiger partial charge in [0.1, 0.15) is 0 Å². The van der Waals surface area contributed by atoms with Gasteiger partial charge in [-0.15, -0.1) is 0 Å². The standard InChI is InChI=1S/C7H12N2/c1-6-5-9-4-3-7(6)8-2/h3-4,8-9H,5H2,1-2H3. The van der Waals surface area contributed by atoms with Crippen LogP contribution in [0.15, 0.2) is 23.5 Å². The molecule has 2 nitrogen and oxygen atoms in total. The summed E-state index contributed by atoms with van der Waals surface area (Å²) in [4.78, 5) is 0. The van der Waals surface area contributed by atoms with Gasteiger partial charge in [0.25, 0.3) is 0 Å². The van der Waals surface area contributed by atoms with Crippen LogP contribution in [0.1, 0.15) is 6.92 Å². The lowest BCUT2D eigenvalue weighted by molar-refractivity contribution is 0.861. The van der Waals surface area contributed by atoms with E-state index in [9.17, 15) is 0 Å². The van der Waals surface area contributed by atoms with E-state index >= 15 is 0 Å². The second kappa shape index (κ2) is 2.58. The number of dihydropyridines is 1. The van der Waals surface area contributed by atoms with Crippen molar-refractivity contribution in [2.75, 3.05) is 13.6 Å². The monoisotopic (exact) mass is 124 g/mol. The largest absolute Gasteiger partial charge is 0.388 e. The summed E-state index contributed by atoms with van der Waals surface area (Å²) in [5.74, 6) is 0. The summed E-state index contributed by atoms with van der Waals surface area (Å²) in [6.45, 7) is 3.08. The second-order valence-corrected chi connectivity index (χ2v) is 2.16. The van der Waals surface area contributed by atoms with Crippen LogP contribution in [0.3, 0.4) is 0 Å². The summed E-state index contributed by atoms with van der Waals surface area (Å²) in [5.41, 5.74) is 2.59. The van der Waals surface area contributed by atoms with Gasteiger partial charge in [-0.25, -0.2) is 0 Å². The lowest BCUT2D eigenvalue weighted by Crippen LogP contribution is -2.18. The zero-order valence-corrected chi connectivity index (χ0v) is 5.86. The molecule has 0 unspecified atom stereocenters. The second-order valence-electron chi connectivity index (χ2n) is 2.16. The van der Waals surface area contributed by atoms with Crippen LogP contribution in [0, 0.1) is 0 Å². The molecule has 0 saturated heterocycles. The van der Waals surface area contributed by atoms with Crippen LogP contribution in [-0.2, 0) is 0 Å². The predicted molar refractivity (Wildman–Crippen MR) is 38.9 cm³/mol. The molecule has 1 aliphatic rings. The fraction of sp³-hybridized carbons (Fsp3) is 0.429. The van der Waals surface area contributed by atoms with Crippen LogP contribution in [-0.4, -0.2) is 13.6 Å². The highest BCUT2D eigenvalue weighted by atomic mass is 14.9. The van der Waals surface area contributed by atoms with E-state index in [1.807, 2.05) is 19.3 Å². The Morgan fingerprint density at radius 3 is 2.89 bits per heavy atom. The summed E-state index contributed by atoms with van der Waals surface area (Å²) >= 11 is 0. The van der Waals surface area contributed by atoms with Crippen LogP contribution < -0.4 is 10.6 Å². The minimum atomic E-state index is 0.965. The normalized spacial score (nSPS) is 17.6. The quantitative estimate of drug-likeness (QED) is 0.535. The highest BCUT2D eigenvalue weighted by Gasteiger charge is 1.98. The molecule has 1 heterocycles. The molecule has 50 valence electrons. The molecule has 1 aliphatic heterocycles. The molecule has 0 aromatic heterocycles. The van der Waals surface area contributed by atoms with Crippen molar-refractivity contribution < 1.29 is 0 Å². The molecule has 0 aliphatic carbocycles. The van der Waals surface area contributed by atoms with Crippen molar-refractivity contribution in [2.45, 2.75) is 6.92 Å². The van der Waals surface area contributed by atoms with E-state index in [4.69, 9.17) is 0 Å². The van der Waals surface area contributed by atoms with Crippen LogP contribution >= 0.6 is 0 Å². The number of hydrogen-bond acceptors (Lipinski definition) is 2. The molecule has 2 heteroatoms. The molecule has 1 rings (SSSR count). The van der Waals surface area contributed by atoms with Gasteiger partial charge < -0.3 is 10.6 Å². The highest BCUT2D eigenvalue weighted by molar-refractivity contribution is 5.26. The Kier molecular flexibility index (Phi) is 1.78. The summed E-state index contributed by atoms with van der Waals surface area (Å²) in [7, 11) is 1.94. The smallest absolute Gasteiger partial charge is 0.0375 e. The third kappa shape index (κ3) is 1.25. The summed E-state index contributed by atoms with van der Waals surface area (Å²) in [6, 6.07) is 0. The first kappa shape index (κ1) is 6.20. The highest BCUT2D eigenvalue weighted by Crippen LogP contribution is 2.03. The molecule has 0 fully saturated rings. The Hall–Kier alpha value is -0.920. The first-order chi connectivity index (χ1) is 4.34. The van der Waals surface area contributed by atoms with Crippen molar-refractivity contribution in [3.63, 3.8) is 0 Å². The van der Waals surface area contributed by atoms with Crippen LogP contribution in [0.2, 0.25) is 0 Å². The van der Waals surface area contributed by atoms with E-state index in [1.54, 1.807) is 0 Å². The van der Waals surface area contributed by atoms with Gasteiger partial charge in [0.05, 0.1) is 0 Å². The molecule has 0 radical (unpaired) electrons. The topological polar surface area (TPSA) is 24.1 Å². The molecule has 9 heavy (non-hydrogen) atoms. The lowest BCUT2D eigenvalue weighted by atomic mass is 10.2. The number of nitrogens with one attached hydrogen (secondary N) is 2. The number of likely N-dealkylation sites (N-methyl/N-ethyl adjacent to an activating group) is 1. The number of allylic oxidation sites excluding steroid dienone is 1. The SMILES string of the molecule is CNC1=C(C)CNC=C1. The zero-order chi connectivity index (χ0) is 6.69. The van der Waals surface area contributed by atoms with E-state index in [0.29, 0.717) is 0 Å². The summed E-state index contributed by atoms with van der Waals surface area (Å²) < 4.78 is 0. The van der Waals surface area contributed by atoms with Crippen molar-refractivity contribution >= 4 is 0 Å². The maximum atomic E-state index is 3.12. The maximum absolute atomic E-state index is 3.12. The number of rotatable bonds is 1. The first-order valence-corrected chi connectivity index (χ1v) is 3.12. The molecule has 0 aromatic carbocycles. The third-order valence-electron chi connectivity index (χ3n) is 1.46. The van der Waals surface area contributed by atoms with Crippen LogP contribution in [0.25, 0.3) is 0 Å². The predicted octanol–water partition coefficient (Wildman–Crippen LogP) is 0.597. The fourth-order valence-electron chi connectivity index (χ4n) is 0.888. The van der Waals surface area contributed by atoms with E-state index in [-0.39, 0.29) is 0 Å². The van der Waals surface area contributed by atoms with Gasteiger partial charge in [0, 0.05) is 19.3 Å². The summed E-state index contributed by atoms with van der Waals surface area (Å²) in [6.07, 6.45) is 4.00. The van der Waals surface area contributed by atoms with Crippen molar-refractivity contribution in [3.8, 4) is 0 Å². The van der Waals surface area contributed by atoms with Gasteiger partial charge in [-0.2, -0.15) is 0 Å². The lowest BCUT2D eigenvalue weighted by Gasteiger charge is -2.12. The zero-order valence-electron chi connectivity index (χ0n) is 5.86. The minimum Gasteiger partial charge on any atom is -0.388 e. The minimum absolute atomic E-state index is 0.965. The van der Waals surface area contributed by atoms with Crippen molar-refractivity contribution in [1.82, 2.24) is 10.6 Å². The Labute approximate surface area is 55.6 Å². The molecular formula is C7H12N2. The molecule has 0 bridgehead atoms. The van der Waals surface area contributed by atoms with Gasteiger partial charge in [0.15, 0.2) is 0 Å². The molecule has 0 atom stereocenters. The third-order valence-corrected chi connectivity index (χ3v) is 1.46. The molecular weight excluding hydrogens is 112 g/mol. The average Bonchev–Trinajstić information content (AvgIpc) is 1.89. The van der Waals surface area contributed by atoms with Crippen molar-refractivity contribution in [3.05, 3.63) is 23.5 Å². The maximum Gasteiger partial charge on any atom is 0.0375 e. The molecule has 0 spiro atoms. The van der Waals surface area contributed by atoms with E-state index in [2.05, 4.69) is 17.6 Å². The molecule has 2 N–H and O–H groups in total. The molecule has 0 aromatic rings.